The molecule has 2 N–H and O–H groups in total. The van der Waals surface area contributed by atoms with Crippen LogP contribution in [0.2, 0.25) is 0 Å². The van der Waals surface area contributed by atoms with Gasteiger partial charge in [0.05, 0.1) is 22.5 Å². The number of hydrogen-bond acceptors (Lipinski definition) is 5. The van der Waals surface area contributed by atoms with Gasteiger partial charge in [-0.1, -0.05) is 12.1 Å². The Hall–Kier alpha value is -4.92. The van der Waals surface area contributed by atoms with Gasteiger partial charge >= 0.3 is 0 Å². The van der Waals surface area contributed by atoms with Crippen LogP contribution in [0, 0.1) is 5.82 Å². The van der Waals surface area contributed by atoms with Gasteiger partial charge in [0.1, 0.15) is 5.82 Å². The summed E-state index contributed by atoms with van der Waals surface area (Å²) in [5.74, 6) is -2.10. The fourth-order valence-corrected chi connectivity index (χ4v) is 3.67. The van der Waals surface area contributed by atoms with Crippen molar-refractivity contribution in [1.82, 2.24) is 10.2 Å². The molecule has 0 fully saturated rings. The molecule has 2 heterocycles. The number of nitrogens with zero attached hydrogens (tertiary/aromatic N) is 2. The highest BCUT2D eigenvalue weighted by molar-refractivity contribution is 6.34. The van der Waals surface area contributed by atoms with Crippen molar-refractivity contribution in [2.45, 2.75) is 0 Å². The number of nitrogens with one attached hydrogen (secondary N) is 2. The Balaban J connectivity index is 1.39. The summed E-state index contributed by atoms with van der Waals surface area (Å²) in [5, 5.41) is 9.09. The van der Waals surface area contributed by atoms with Crippen LogP contribution in [0.5, 0.6) is 0 Å². The van der Waals surface area contributed by atoms with Crippen molar-refractivity contribution in [2.75, 3.05) is 10.2 Å². The number of halogens is 1. The maximum absolute atomic E-state index is 13.2. The van der Waals surface area contributed by atoms with E-state index in [1.54, 1.807) is 30.3 Å². The van der Waals surface area contributed by atoms with Gasteiger partial charge in [-0.15, -0.1) is 0 Å². The van der Waals surface area contributed by atoms with Crippen LogP contribution in [-0.2, 0) is 0 Å². The van der Waals surface area contributed by atoms with Gasteiger partial charge in [-0.25, -0.2) is 14.4 Å². The second-order valence-corrected chi connectivity index (χ2v) is 7.52. The second-order valence-electron chi connectivity index (χ2n) is 7.52. The highest BCUT2D eigenvalue weighted by Gasteiger charge is 2.37. The molecule has 0 unspecified atom stereocenters. The molecule has 0 aliphatic carbocycles. The zero-order valence-electron chi connectivity index (χ0n) is 17.4. The average Bonchev–Trinajstić information content (AvgIpc) is 3.09. The number of rotatable bonds is 4. The van der Waals surface area contributed by atoms with Crippen molar-refractivity contribution >= 4 is 29.1 Å². The number of amides is 3. The molecule has 8 nitrogen and oxygen atoms in total. The second kappa shape index (κ2) is 8.21. The molecule has 0 spiro atoms. The molecule has 0 bridgehead atoms. The lowest BCUT2D eigenvalue weighted by Gasteiger charge is -2.13. The molecule has 0 saturated heterocycles. The Labute approximate surface area is 191 Å². The van der Waals surface area contributed by atoms with Crippen LogP contribution in [-0.4, -0.2) is 27.9 Å². The van der Waals surface area contributed by atoms with Crippen LogP contribution in [0.15, 0.2) is 83.7 Å². The fraction of sp³-hybridized carbons (Fsp3) is 0. The van der Waals surface area contributed by atoms with E-state index in [1.165, 1.54) is 36.4 Å². The fourth-order valence-electron chi connectivity index (χ4n) is 3.67. The molecule has 0 saturated carbocycles. The molecule has 3 aromatic carbocycles. The molecule has 166 valence electrons. The summed E-state index contributed by atoms with van der Waals surface area (Å²) in [6.07, 6.45) is 0. The molecule has 1 aliphatic rings. The number of H-pyrrole nitrogens is 1. The van der Waals surface area contributed by atoms with E-state index in [0.717, 1.165) is 17.0 Å². The van der Waals surface area contributed by atoms with Gasteiger partial charge in [0.2, 0.25) is 0 Å². The number of imide groups is 1. The molecule has 1 aliphatic heterocycles. The number of fused-ring (bicyclic) bond motifs is 1. The number of aromatic nitrogens is 2. The van der Waals surface area contributed by atoms with Gasteiger partial charge in [0.15, 0.2) is 0 Å². The molecule has 0 atom stereocenters. The molecular weight excluding hydrogens is 439 g/mol. The predicted octanol–water partition coefficient (Wildman–Crippen LogP) is 3.63. The Morgan fingerprint density at radius 2 is 1.62 bits per heavy atom. The summed E-state index contributed by atoms with van der Waals surface area (Å²) < 4.78 is 13.2. The first-order valence-electron chi connectivity index (χ1n) is 10.2. The van der Waals surface area contributed by atoms with Crippen LogP contribution in [0.25, 0.3) is 11.3 Å². The topological polar surface area (TPSA) is 112 Å². The van der Waals surface area contributed by atoms with Gasteiger partial charge in [-0.2, -0.15) is 5.10 Å². The van der Waals surface area contributed by atoms with E-state index in [4.69, 9.17) is 0 Å². The molecule has 9 heteroatoms. The number of carbonyl (C=O) groups excluding carboxylic acids is 3. The van der Waals surface area contributed by atoms with Crippen molar-refractivity contribution in [3.8, 4) is 11.3 Å². The minimum atomic E-state index is -0.590. The molecule has 4 aromatic rings. The van der Waals surface area contributed by atoms with Crippen LogP contribution < -0.4 is 15.8 Å². The zero-order valence-corrected chi connectivity index (χ0v) is 17.4. The van der Waals surface area contributed by atoms with Crippen LogP contribution in [0.3, 0.4) is 0 Å². The first-order valence-corrected chi connectivity index (χ1v) is 10.2. The largest absolute Gasteiger partial charge is 0.322 e. The number of benzene rings is 3. The summed E-state index contributed by atoms with van der Waals surface area (Å²) in [6.45, 7) is 0. The summed E-state index contributed by atoms with van der Waals surface area (Å²) >= 11 is 0. The molecule has 1 aromatic heterocycles. The summed E-state index contributed by atoms with van der Waals surface area (Å²) in [4.78, 5) is 50.7. The van der Waals surface area contributed by atoms with E-state index in [2.05, 4.69) is 15.5 Å². The van der Waals surface area contributed by atoms with E-state index in [1.807, 2.05) is 0 Å². The van der Waals surface area contributed by atoms with E-state index in [0.29, 0.717) is 16.9 Å². The van der Waals surface area contributed by atoms with E-state index >= 15 is 0 Å². The number of carbonyl (C=O) groups is 3. The van der Waals surface area contributed by atoms with Crippen molar-refractivity contribution in [2.24, 2.45) is 0 Å². The molecule has 3 amide bonds. The first-order chi connectivity index (χ1) is 16.4. The van der Waals surface area contributed by atoms with Crippen molar-refractivity contribution in [3.05, 3.63) is 112 Å². The lowest BCUT2D eigenvalue weighted by Crippen LogP contribution is -2.29. The van der Waals surface area contributed by atoms with Gasteiger partial charge in [0.25, 0.3) is 23.3 Å². The van der Waals surface area contributed by atoms with E-state index in [9.17, 15) is 23.6 Å². The van der Waals surface area contributed by atoms with Crippen molar-refractivity contribution in [3.63, 3.8) is 0 Å². The normalized spacial score (nSPS) is 12.6. The Kier molecular flexibility index (Phi) is 5.06. The zero-order chi connectivity index (χ0) is 23.8. The summed E-state index contributed by atoms with van der Waals surface area (Å²) in [6, 6.07) is 19.1. The highest BCUT2D eigenvalue weighted by atomic mass is 19.1. The van der Waals surface area contributed by atoms with E-state index in [-0.39, 0.29) is 27.9 Å². The molecular formula is C25H15FN4O4. The molecule has 5 rings (SSSR count). The minimum Gasteiger partial charge on any atom is -0.322 e. The van der Waals surface area contributed by atoms with Gasteiger partial charge in [0, 0.05) is 22.9 Å². The lowest BCUT2D eigenvalue weighted by molar-refractivity contribution is 0.0925. The summed E-state index contributed by atoms with van der Waals surface area (Å²) in [7, 11) is 0. The Bertz CT molecular complexity index is 1510. The monoisotopic (exact) mass is 454 g/mol. The standard InChI is InChI=1S/C25H15FN4O4/c26-16-5-7-18(8-6-16)30-24(33)19-9-4-15(13-20(19)25(30)34)23(32)27-17-3-1-2-14(12-17)21-10-11-22(31)29-28-21/h1-13H,(H,27,32)(H,29,31). The first kappa shape index (κ1) is 21.0. The predicted molar refractivity (Wildman–Crippen MR) is 122 cm³/mol. The highest BCUT2D eigenvalue weighted by Crippen LogP contribution is 2.29. The third kappa shape index (κ3) is 3.75. The van der Waals surface area contributed by atoms with Gasteiger partial charge in [-0.05, 0) is 60.7 Å². The van der Waals surface area contributed by atoms with Crippen molar-refractivity contribution < 1.29 is 18.8 Å². The molecule has 0 radical (unpaired) electrons. The molecule has 34 heavy (non-hydrogen) atoms. The third-order valence-corrected chi connectivity index (χ3v) is 5.33. The van der Waals surface area contributed by atoms with Crippen LogP contribution in [0.1, 0.15) is 31.1 Å². The lowest BCUT2D eigenvalue weighted by atomic mass is 10.0. The van der Waals surface area contributed by atoms with E-state index < -0.39 is 23.5 Å². The van der Waals surface area contributed by atoms with Crippen LogP contribution >= 0.6 is 0 Å². The van der Waals surface area contributed by atoms with Gasteiger partial charge < -0.3 is 5.32 Å². The smallest absolute Gasteiger partial charge is 0.266 e. The SMILES string of the molecule is O=C(Nc1cccc(-c2ccc(=O)[nH]n2)c1)c1ccc2c(c1)C(=O)N(c1ccc(F)cc1)C2=O. The van der Waals surface area contributed by atoms with Gasteiger partial charge in [-0.3, -0.25) is 19.2 Å². The quantitative estimate of drug-likeness (QED) is 0.458. The number of hydrogen-bond donors (Lipinski definition) is 2. The van der Waals surface area contributed by atoms with Crippen LogP contribution in [0.4, 0.5) is 15.8 Å². The Morgan fingerprint density at radius 3 is 2.35 bits per heavy atom. The maximum atomic E-state index is 13.2. The number of anilines is 2. The maximum Gasteiger partial charge on any atom is 0.266 e. The third-order valence-electron chi connectivity index (χ3n) is 5.33. The minimum absolute atomic E-state index is 0.0909. The Morgan fingerprint density at radius 1 is 0.853 bits per heavy atom. The average molecular weight is 454 g/mol. The number of aromatic amines is 1. The summed E-state index contributed by atoms with van der Waals surface area (Å²) in [5.41, 5.74) is 2.05. The van der Waals surface area contributed by atoms with Crippen molar-refractivity contribution in [1.29, 1.82) is 0 Å².